The SMILES string of the molecule is CC[C@@H](NC(=O)NC1Cc2ccccc2C1)C(=O)O. The number of carbonyl (C=O) groups excluding carboxylic acids is 1. The Kier molecular flexibility index (Phi) is 4.04. The second kappa shape index (κ2) is 5.73. The molecular weight excluding hydrogens is 244 g/mol. The smallest absolute Gasteiger partial charge is 0.326 e. The van der Waals surface area contributed by atoms with Crippen molar-refractivity contribution in [2.24, 2.45) is 0 Å². The van der Waals surface area contributed by atoms with E-state index in [-0.39, 0.29) is 6.04 Å². The van der Waals surface area contributed by atoms with Crippen LogP contribution in [0.2, 0.25) is 0 Å². The van der Waals surface area contributed by atoms with Gasteiger partial charge in [0.15, 0.2) is 0 Å². The summed E-state index contributed by atoms with van der Waals surface area (Å²) in [6, 6.07) is 6.89. The maximum absolute atomic E-state index is 11.7. The first-order valence-corrected chi connectivity index (χ1v) is 6.46. The molecule has 0 radical (unpaired) electrons. The highest BCUT2D eigenvalue weighted by atomic mass is 16.4. The number of hydrogen-bond acceptors (Lipinski definition) is 2. The molecule has 0 saturated heterocycles. The van der Waals surface area contributed by atoms with E-state index < -0.39 is 18.0 Å². The van der Waals surface area contributed by atoms with Gasteiger partial charge in [0.05, 0.1) is 0 Å². The molecule has 2 amide bonds. The van der Waals surface area contributed by atoms with Gasteiger partial charge in [0.1, 0.15) is 6.04 Å². The van der Waals surface area contributed by atoms with E-state index in [4.69, 9.17) is 5.11 Å². The second-order valence-electron chi connectivity index (χ2n) is 4.79. The molecule has 0 bridgehead atoms. The zero-order valence-electron chi connectivity index (χ0n) is 10.8. The molecule has 5 heteroatoms. The van der Waals surface area contributed by atoms with E-state index in [0.717, 1.165) is 12.8 Å². The number of urea groups is 1. The molecule has 1 aromatic rings. The number of carbonyl (C=O) groups is 2. The van der Waals surface area contributed by atoms with Gasteiger partial charge >= 0.3 is 12.0 Å². The highest BCUT2D eigenvalue weighted by molar-refractivity contribution is 5.82. The molecule has 0 spiro atoms. The Balaban J connectivity index is 1.87. The number of nitrogens with one attached hydrogen (secondary N) is 2. The average Bonchev–Trinajstić information content (AvgIpc) is 2.77. The number of benzene rings is 1. The summed E-state index contributed by atoms with van der Waals surface area (Å²) in [6.07, 6.45) is 1.97. The molecule has 3 N–H and O–H groups in total. The minimum absolute atomic E-state index is 0.0451. The number of hydrogen-bond donors (Lipinski definition) is 3. The van der Waals surface area contributed by atoms with Gasteiger partial charge in [-0.3, -0.25) is 0 Å². The van der Waals surface area contributed by atoms with Crippen molar-refractivity contribution in [3.63, 3.8) is 0 Å². The van der Waals surface area contributed by atoms with Crippen LogP contribution >= 0.6 is 0 Å². The minimum atomic E-state index is -1.01. The second-order valence-corrected chi connectivity index (χ2v) is 4.79. The Hall–Kier alpha value is -2.04. The van der Waals surface area contributed by atoms with Crippen molar-refractivity contribution in [3.05, 3.63) is 35.4 Å². The molecule has 1 aliphatic rings. The molecule has 1 aromatic carbocycles. The molecule has 0 aromatic heterocycles. The fourth-order valence-electron chi connectivity index (χ4n) is 2.38. The van der Waals surface area contributed by atoms with E-state index in [0.29, 0.717) is 6.42 Å². The van der Waals surface area contributed by atoms with Crippen LogP contribution in [-0.2, 0) is 17.6 Å². The summed E-state index contributed by atoms with van der Waals surface area (Å²) in [5, 5.41) is 14.2. The Morgan fingerprint density at radius 1 is 1.32 bits per heavy atom. The van der Waals surface area contributed by atoms with Crippen molar-refractivity contribution in [3.8, 4) is 0 Å². The van der Waals surface area contributed by atoms with Gasteiger partial charge in [-0.25, -0.2) is 9.59 Å². The monoisotopic (exact) mass is 262 g/mol. The third kappa shape index (κ3) is 3.24. The van der Waals surface area contributed by atoms with Crippen LogP contribution in [0.4, 0.5) is 4.79 Å². The molecule has 102 valence electrons. The summed E-state index contributed by atoms with van der Waals surface area (Å²) in [4.78, 5) is 22.6. The lowest BCUT2D eigenvalue weighted by Gasteiger charge is -2.16. The quantitative estimate of drug-likeness (QED) is 0.765. The molecule has 0 aliphatic heterocycles. The lowest BCUT2D eigenvalue weighted by molar-refractivity contribution is -0.139. The van der Waals surface area contributed by atoms with Gasteiger partial charge in [-0.05, 0) is 30.4 Å². The van der Waals surface area contributed by atoms with E-state index in [1.807, 2.05) is 12.1 Å². The molecule has 0 saturated carbocycles. The lowest BCUT2D eigenvalue weighted by atomic mass is 10.1. The van der Waals surface area contributed by atoms with Gasteiger partial charge in [0.2, 0.25) is 0 Å². The molecule has 1 atom stereocenters. The highest BCUT2D eigenvalue weighted by Crippen LogP contribution is 2.21. The van der Waals surface area contributed by atoms with Crippen LogP contribution in [0.3, 0.4) is 0 Å². The molecule has 0 unspecified atom stereocenters. The van der Waals surface area contributed by atoms with E-state index in [1.165, 1.54) is 11.1 Å². The highest BCUT2D eigenvalue weighted by Gasteiger charge is 2.24. The van der Waals surface area contributed by atoms with Crippen LogP contribution in [0.15, 0.2) is 24.3 Å². The first-order chi connectivity index (χ1) is 9.10. The normalized spacial score (nSPS) is 15.6. The van der Waals surface area contributed by atoms with Gasteiger partial charge in [0, 0.05) is 6.04 Å². The van der Waals surface area contributed by atoms with Crippen LogP contribution in [0.25, 0.3) is 0 Å². The molecule has 0 fully saturated rings. The third-order valence-electron chi connectivity index (χ3n) is 3.40. The van der Waals surface area contributed by atoms with Crippen molar-refractivity contribution in [2.45, 2.75) is 38.3 Å². The van der Waals surface area contributed by atoms with Crippen LogP contribution in [-0.4, -0.2) is 29.2 Å². The summed E-state index contributed by atoms with van der Waals surface area (Å²) < 4.78 is 0. The Morgan fingerprint density at radius 3 is 2.37 bits per heavy atom. The number of carboxylic acid groups (broad SMARTS) is 1. The average molecular weight is 262 g/mol. The standard InChI is InChI=1S/C14H18N2O3/c1-2-12(13(17)18)16-14(19)15-11-7-9-5-3-4-6-10(9)8-11/h3-6,11-12H,2,7-8H2,1H3,(H,17,18)(H2,15,16,19)/t12-/m1/s1. The fourth-order valence-corrected chi connectivity index (χ4v) is 2.38. The van der Waals surface area contributed by atoms with Crippen molar-refractivity contribution in [2.75, 3.05) is 0 Å². The lowest BCUT2D eigenvalue weighted by Crippen LogP contribution is -2.49. The number of aliphatic carboxylic acids is 1. The van der Waals surface area contributed by atoms with Gasteiger partial charge < -0.3 is 15.7 Å². The number of fused-ring (bicyclic) bond motifs is 1. The Morgan fingerprint density at radius 2 is 1.89 bits per heavy atom. The van der Waals surface area contributed by atoms with Crippen molar-refractivity contribution in [1.82, 2.24) is 10.6 Å². The van der Waals surface area contributed by atoms with Gasteiger partial charge in [-0.15, -0.1) is 0 Å². The first-order valence-electron chi connectivity index (χ1n) is 6.46. The molecule has 19 heavy (non-hydrogen) atoms. The molecule has 2 rings (SSSR count). The summed E-state index contributed by atoms with van der Waals surface area (Å²) in [6.45, 7) is 1.73. The third-order valence-corrected chi connectivity index (χ3v) is 3.40. The maximum atomic E-state index is 11.7. The van der Waals surface area contributed by atoms with Gasteiger partial charge in [0.25, 0.3) is 0 Å². The summed E-state index contributed by atoms with van der Waals surface area (Å²) in [5.41, 5.74) is 2.50. The van der Waals surface area contributed by atoms with E-state index >= 15 is 0 Å². The van der Waals surface area contributed by atoms with Crippen LogP contribution < -0.4 is 10.6 Å². The number of carboxylic acids is 1. The largest absolute Gasteiger partial charge is 0.480 e. The fraction of sp³-hybridized carbons (Fsp3) is 0.429. The van der Waals surface area contributed by atoms with Crippen LogP contribution in [0, 0.1) is 0 Å². The molecule has 0 heterocycles. The zero-order chi connectivity index (χ0) is 13.8. The van der Waals surface area contributed by atoms with E-state index in [9.17, 15) is 9.59 Å². The number of rotatable bonds is 4. The van der Waals surface area contributed by atoms with Gasteiger partial charge in [-0.2, -0.15) is 0 Å². The van der Waals surface area contributed by atoms with Crippen molar-refractivity contribution < 1.29 is 14.7 Å². The Labute approximate surface area is 112 Å². The summed E-state index contributed by atoms with van der Waals surface area (Å²) in [5.74, 6) is -1.01. The van der Waals surface area contributed by atoms with Crippen molar-refractivity contribution in [1.29, 1.82) is 0 Å². The van der Waals surface area contributed by atoms with Crippen LogP contribution in [0.1, 0.15) is 24.5 Å². The maximum Gasteiger partial charge on any atom is 0.326 e. The van der Waals surface area contributed by atoms with Crippen LogP contribution in [0.5, 0.6) is 0 Å². The number of amides is 2. The van der Waals surface area contributed by atoms with Crippen molar-refractivity contribution >= 4 is 12.0 Å². The predicted molar refractivity (Wildman–Crippen MR) is 71.0 cm³/mol. The van der Waals surface area contributed by atoms with Gasteiger partial charge in [-0.1, -0.05) is 31.2 Å². The molecule has 1 aliphatic carbocycles. The molecule has 5 nitrogen and oxygen atoms in total. The van der Waals surface area contributed by atoms with E-state index in [1.54, 1.807) is 6.92 Å². The summed E-state index contributed by atoms with van der Waals surface area (Å²) >= 11 is 0. The topological polar surface area (TPSA) is 78.4 Å². The summed E-state index contributed by atoms with van der Waals surface area (Å²) in [7, 11) is 0. The molecular formula is C14H18N2O3. The zero-order valence-corrected chi connectivity index (χ0v) is 10.8. The Bertz CT molecular complexity index is 462. The van der Waals surface area contributed by atoms with E-state index in [2.05, 4.69) is 22.8 Å². The first kappa shape index (κ1) is 13.4. The predicted octanol–water partition coefficient (Wildman–Crippen LogP) is 1.32. The minimum Gasteiger partial charge on any atom is -0.480 e.